The lowest BCUT2D eigenvalue weighted by atomic mass is 9.91. The van der Waals surface area contributed by atoms with Crippen molar-refractivity contribution in [3.8, 4) is 6.07 Å². The van der Waals surface area contributed by atoms with Crippen LogP contribution in [-0.2, 0) is 0 Å². The summed E-state index contributed by atoms with van der Waals surface area (Å²) in [6.07, 6.45) is 5.91. The van der Waals surface area contributed by atoms with Crippen molar-refractivity contribution < 1.29 is 0 Å². The molecule has 1 unspecified atom stereocenters. The van der Waals surface area contributed by atoms with Gasteiger partial charge in [-0.25, -0.2) is 0 Å². The molecule has 0 bridgehead atoms. The van der Waals surface area contributed by atoms with Crippen LogP contribution in [0.3, 0.4) is 0 Å². The van der Waals surface area contributed by atoms with E-state index in [4.69, 9.17) is 5.26 Å². The molecule has 0 radical (unpaired) electrons. The molecule has 1 aliphatic rings. The Labute approximate surface area is 89.8 Å². The van der Waals surface area contributed by atoms with Gasteiger partial charge < -0.3 is 4.90 Å². The topological polar surface area (TPSA) is 27.0 Å². The van der Waals surface area contributed by atoms with Crippen molar-refractivity contribution in [2.45, 2.75) is 5.92 Å². The molecule has 1 aliphatic heterocycles. The van der Waals surface area contributed by atoms with Gasteiger partial charge in [0.1, 0.15) is 0 Å². The van der Waals surface area contributed by atoms with Gasteiger partial charge in [0, 0.05) is 25.4 Å². The maximum Gasteiger partial charge on any atom is 0.0972 e. The third kappa shape index (κ3) is 1.92. The first kappa shape index (κ1) is 9.54. The van der Waals surface area contributed by atoms with E-state index < -0.39 is 0 Å². The minimum Gasteiger partial charge on any atom is -0.357 e. The van der Waals surface area contributed by atoms with Crippen LogP contribution in [-0.4, -0.2) is 11.9 Å². The first-order valence-electron chi connectivity index (χ1n) is 4.88. The molecular formula is C13H12N2. The second-order valence-electron chi connectivity index (χ2n) is 3.59. The largest absolute Gasteiger partial charge is 0.357 e. The number of nitriles is 1. The Morgan fingerprint density at radius 3 is 2.67 bits per heavy atom. The predicted molar refractivity (Wildman–Crippen MR) is 59.8 cm³/mol. The van der Waals surface area contributed by atoms with Crippen LogP contribution < -0.4 is 0 Å². The van der Waals surface area contributed by atoms with Gasteiger partial charge in [-0.3, -0.25) is 0 Å². The molecule has 0 fully saturated rings. The van der Waals surface area contributed by atoms with Crippen LogP contribution in [0.4, 0.5) is 0 Å². The molecule has 2 heteroatoms. The summed E-state index contributed by atoms with van der Waals surface area (Å²) in [4.78, 5) is 1.90. The molecule has 2 rings (SSSR count). The van der Waals surface area contributed by atoms with Gasteiger partial charge in [-0.1, -0.05) is 36.4 Å². The summed E-state index contributed by atoms with van der Waals surface area (Å²) in [6, 6.07) is 12.3. The van der Waals surface area contributed by atoms with Crippen LogP contribution in [0.2, 0.25) is 0 Å². The molecule has 1 aromatic carbocycles. The number of rotatable bonds is 1. The van der Waals surface area contributed by atoms with Crippen LogP contribution in [0.15, 0.2) is 54.4 Å². The second-order valence-corrected chi connectivity index (χ2v) is 3.59. The molecule has 74 valence electrons. The Bertz CT molecular complexity index is 437. The number of hydrogen-bond acceptors (Lipinski definition) is 2. The van der Waals surface area contributed by atoms with Crippen molar-refractivity contribution in [1.82, 2.24) is 4.90 Å². The monoisotopic (exact) mass is 196 g/mol. The summed E-state index contributed by atoms with van der Waals surface area (Å²) in [5.41, 5.74) is 1.95. The highest BCUT2D eigenvalue weighted by molar-refractivity contribution is 5.42. The van der Waals surface area contributed by atoms with Gasteiger partial charge in [0.15, 0.2) is 0 Å². The summed E-state index contributed by atoms with van der Waals surface area (Å²) < 4.78 is 0. The highest BCUT2D eigenvalue weighted by Gasteiger charge is 2.16. The fraction of sp³-hybridized carbons (Fsp3) is 0.154. The van der Waals surface area contributed by atoms with Gasteiger partial charge in [0.05, 0.1) is 11.6 Å². The summed E-state index contributed by atoms with van der Waals surface area (Å²) in [6.45, 7) is 0. The lowest BCUT2D eigenvalue weighted by molar-refractivity contribution is 0.598. The van der Waals surface area contributed by atoms with Crippen LogP contribution in [0.5, 0.6) is 0 Å². The SMILES string of the molecule is CN1C=CC(c2ccccc2)C(C#N)=C1. The number of benzene rings is 1. The van der Waals surface area contributed by atoms with Gasteiger partial charge in [-0.15, -0.1) is 0 Å². The van der Waals surface area contributed by atoms with E-state index in [1.165, 1.54) is 0 Å². The number of hydrogen-bond donors (Lipinski definition) is 0. The maximum atomic E-state index is 9.06. The number of allylic oxidation sites excluding steroid dienone is 2. The highest BCUT2D eigenvalue weighted by atomic mass is 15.1. The zero-order chi connectivity index (χ0) is 10.7. The van der Waals surface area contributed by atoms with Crippen LogP contribution >= 0.6 is 0 Å². The van der Waals surface area contributed by atoms with Crippen molar-refractivity contribution in [2.75, 3.05) is 7.05 Å². The van der Waals surface area contributed by atoms with Gasteiger partial charge in [-0.2, -0.15) is 5.26 Å². The van der Waals surface area contributed by atoms with E-state index in [-0.39, 0.29) is 5.92 Å². The van der Waals surface area contributed by atoms with E-state index in [2.05, 4.69) is 6.07 Å². The zero-order valence-corrected chi connectivity index (χ0v) is 8.59. The minimum absolute atomic E-state index is 0.104. The molecule has 0 aliphatic carbocycles. The van der Waals surface area contributed by atoms with E-state index in [0.717, 1.165) is 11.1 Å². The summed E-state index contributed by atoms with van der Waals surface area (Å²) >= 11 is 0. The molecule has 1 atom stereocenters. The molecule has 0 N–H and O–H groups in total. The molecule has 0 spiro atoms. The Hall–Kier alpha value is -2.01. The first-order chi connectivity index (χ1) is 7.31. The quantitative estimate of drug-likeness (QED) is 0.690. The van der Waals surface area contributed by atoms with Crippen molar-refractivity contribution in [3.05, 3.63) is 59.9 Å². The van der Waals surface area contributed by atoms with Crippen molar-refractivity contribution in [2.24, 2.45) is 0 Å². The molecule has 1 heterocycles. The Balaban J connectivity index is 2.35. The molecule has 0 saturated heterocycles. The molecule has 15 heavy (non-hydrogen) atoms. The molecule has 1 aromatic rings. The molecule has 0 aromatic heterocycles. The molecule has 0 saturated carbocycles. The first-order valence-corrected chi connectivity index (χ1v) is 4.88. The fourth-order valence-electron chi connectivity index (χ4n) is 1.72. The van der Waals surface area contributed by atoms with E-state index in [0.29, 0.717) is 0 Å². The van der Waals surface area contributed by atoms with Crippen LogP contribution in [0.1, 0.15) is 11.5 Å². The van der Waals surface area contributed by atoms with Crippen molar-refractivity contribution in [3.63, 3.8) is 0 Å². The molecule has 2 nitrogen and oxygen atoms in total. The lowest BCUT2D eigenvalue weighted by Gasteiger charge is -2.20. The smallest absolute Gasteiger partial charge is 0.0972 e. The maximum absolute atomic E-state index is 9.06. The molecule has 0 amide bonds. The normalized spacial score (nSPS) is 19.6. The van der Waals surface area contributed by atoms with E-state index in [1.54, 1.807) is 0 Å². The Morgan fingerprint density at radius 2 is 2.00 bits per heavy atom. The van der Waals surface area contributed by atoms with Crippen LogP contribution in [0, 0.1) is 11.3 Å². The average Bonchev–Trinajstić information content (AvgIpc) is 2.30. The average molecular weight is 196 g/mol. The Morgan fingerprint density at radius 1 is 1.27 bits per heavy atom. The van der Waals surface area contributed by atoms with Gasteiger partial charge in [0.2, 0.25) is 0 Å². The third-order valence-electron chi connectivity index (χ3n) is 2.48. The second kappa shape index (κ2) is 4.02. The summed E-state index contributed by atoms with van der Waals surface area (Å²) in [5, 5.41) is 9.06. The van der Waals surface area contributed by atoms with E-state index in [1.807, 2.05) is 60.8 Å². The highest BCUT2D eigenvalue weighted by Crippen LogP contribution is 2.28. The number of nitrogens with zero attached hydrogens (tertiary/aromatic N) is 2. The minimum atomic E-state index is 0.104. The van der Waals surface area contributed by atoms with E-state index in [9.17, 15) is 0 Å². The van der Waals surface area contributed by atoms with Crippen molar-refractivity contribution >= 4 is 0 Å². The third-order valence-corrected chi connectivity index (χ3v) is 2.48. The van der Waals surface area contributed by atoms with Crippen LogP contribution in [0.25, 0.3) is 0 Å². The fourth-order valence-corrected chi connectivity index (χ4v) is 1.72. The lowest BCUT2D eigenvalue weighted by Crippen LogP contribution is -2.11. The Kier molecular flexibility index (Phi) is 2.55. The summed E-state index contributed by atoms with van der Waals surface area (Å²) in [7, 11) is 1.93. The standard InChI is InChI=1S/C13H12N2/c1-15-8-7-13(12(9-14)10-15)11-5-3-2-4-6-11/h2-8,10,13H,1H3. The van der Waals surface area contributed by atoms with Gasteiger partial charge in [0.25, 0.3) is 0 Å². The summed E-state index contributed by atoms with van der Waals surface area (Å²) in [5.74, 6) is 0.104. The van der Waals surface area contributed by atoms with Crippen molar-refractivity contribution in [1.29, 1.82) is 5.26 Å². The van der Waals surface area contributed by atoms with Gasteiger partial charge in [-0.05, 0) is 5.56 Å². The molecular weight excluding hydrogens is 184 g/mol. The van der Waals surface area contributed by atoms with E-state index >= 15 is 0 Å². The predicted octanol–water partition coefficient (Wildman–Crippen LogP) is 2.64. The van der Waals surface area contributed by atoms with Gasteiger partial charge >= 0.3 is 0 Å². The zero-order valence-electron chi connectivity index (χ0n) is 8.59.